The number of nitrogens with one attached hydrogen (secondary N) is 2. The van der Waals surface area contributed by atoms with Crippen LogP contribution in [0.1, 0.15) is 10.5 Å². The minimum atomic E-state index is -0.263. The quantitative estimate of drug-likeness (QED) is 0.726. The number of rotatable bonds is 3. The van der Waals surface area contributed by atoms with E-state index in [9.17, 15) is 4.79 Å². The second kappa shape index (κ2) is 5.68. The van der Waals surface area contributed by atoms with Crippen LogP contribution in [0, 0.1) is 4.84 Å². The molecule has 0 bridgehead atoms. The molecule has 2 heterocycles. The Kier molecular flexibility index (Phi) is 3.57. The van der Waals surface area contributed by atoms with Crippen LogP contribution in [-0.2, 0) is 0 Å². The molecular formula is C14H10N4O2S. The molecule has 0 saturated carbocycles. The molecule has 3 aromatic rings. The number of nitrogens with zero attached hydrogens (tertiary/aromatic N) is 2. The summed E-state index contributed by atoms with van der Waals surface area (Å²) in [4.78, 5) is 16.2. The van der Waals surface area contributed by atoms with E-state index in [1.807, 2.05) is 0 Å². The highest BCUT2D eigenvalue weighted by atomic mass is 32.1. The third kappa shape index (κ3) is 3.03. The highest BCUT2D eigenvalue weighted by Gasteiger charge is 2.08. The van der Waals surface area contributed by atoms with Crippen LogP contribution in [-0.4, -0.2) is 21.1 Å². The zero-order valence-corrected chi connectivity index (χ0v) is 11.6. The Bertz CT molecular complexity index is 809. The molecule has 0 spiro atoms. The largest absolute Gasteiger partial charge is 0.409 e. The van der Waals surface area contributed by atoms with Gasteiger partial charge >= 0.3 is 0 Å². The van der Waals surface area contributed by atoms with Gasteiger partial charge in [-0.25, -0.2) is 5.10 Å². The van der Waals surface area contributed by atoms with Gasteiger partial charge < -0.3 is 9.73 Å². The molecule has 104 valence electrons. The summed E-state index contributed by atoms with van der Waals surface area (Å²) >= 11 is 4.82. The van der Waals surface area contributed by atoms with E-state index in [2.05, 4.69) is 20.5 Å². The average molecular weight is 298 g/mol. The maximum Gasteiger partial charge on any atom is 0.284 e. The van der Waals surface area contributed by atoms with E-state index >= 15 is 0 Å². The second-order valence-electron chi connectivity index (χ2n) is 4.16. The maximum atomic E-state index is 11.9. The summed E-state index contributed by atoms with van der Waals surface area (Å²) in [7, 11) is 0. The normalized spacial score (nSPS) is 10.3. The van der Waals surface area contributed by atoms with Crippen LogP contribution in [0.3, 0.4) is 0 Å². The van der Waals surface area contributed by atoms with Gasteiger partial charge in [-0.05, 0) is 48.6 Å². The summed E-state index contributed by atoms with van der Waals surface area (Å²) in [6.07, 6.45) is 1.57. The summed E-state index contributed by atoms with van der Waals surface area (Å²) in [5.74, 6) is 0.142. The molecular weight excluding hydrogens is 288 g/mol. The van der Waals surface area contributed by atoms with Crippen molar-refractivity contribution in [3.63, 3.8) is 0 Å². The Balaban J connectivity index is 1.76. The first-order valence-corrected chi connectivity index (χ1v) is 6.51. The van der Waals surface area contributed by atoms with Crippen molar-refractivity contribution in [3.05, 3.63) is 59.2 Å². The first kappa shape index (κ1) is 13.2. The van der Waals surface area contributed by atoms with E-state index in [-0.39, 0.29) is 10.7 Å². The van der Waals surface area contributed by atoms with Gasteiger partial charge in [-0.1, -0.05) is 6.07 Å². The summed E-state index contributed by atoms with van der Waals surface area (Å²) in [6.45, 7) is 0. The number of carbonyl (C=O) groups is 1. The molecule has 3 rings (SSSR count). The van der Waals surface area contributed by atoms with E-state index in [1.54, 1.807) is 48.7 Å². The topological polar surface area (TPSA) is 83.8 Å². The Morgan fingerprint density at radius 2 is 2.00 bits per heavy atom. The fourth-order valence-electron chi connectivity index (χ4n) is 1.74. The van der Waals surface area contributed by atoms with E-state index < -0.39 is 0 Å². The molecule has 0 fully saturated rings. The number of aromatic amines is 1. The van der Waals surface area contributed by atoms with Crippen molar-refractivity contribution < 1.29 is 9.21 Å². The molecule has 0 aliphatic heterocycles. The van der Waals surface area contributed by atoms with Crippen molar-refractivity contribution in [2.75, 3.05) is 5.32 Å². The van der Waals surface area contributed by atoms with Gasteiger partial charge in [0.15, 0.2) is 0 Å². The molecule has 2 aromatic heterocycles. The first-order valence-electron chi connectivity index (χ1n) is 6.11. The molecule has 0 radical (unpaired) electrons. The minimum Gasteiger partial charge on any atom is -0.409 e. The smallest absolute Gasteiger partial charge is 0.284 e. The van der Waals surface area contributed by atoms with Gasteiger partial charge in [0.25, 0.3) is 10.7 Å². The Morgan fingerprint density at radius 3 is 2.62 bits per heavy atom. The highest BCUT2D eigenvalue weighted by molar-refractivity contribution is 7.71. The van der Waals surface area contributed by atoms with Crippen molar-refractivity contribution in [2.24, 2.45) is 0 Å². The SMILES string of the molecule is O=C(Nc1ccc(-c2n[nH]c(=S)o2)cc1)c1ccccn1. The van der Waals surface area contributed by atoms with E-state index in [0.717, 1.165) is 5.56 Å². The van der Waals surface area contributed by atoms with Gasteiger partial charge in [-0.3, -0.25) is 9.78 Å². The number of anilines is 1. The van der Waals surface area contributed by atoms with Crippen LogP contribution in [0.4, 0.5) is 5.69 Å². The van der Waals surface area contributed by atoms with Gasteiger partial charge in [0.05, 0.1) is 0 Å². The summed E-state index contributed by atoms with van der Waals surface area (Å²) < 4.78 is 5.21. The fraction of sp³-hybridized carbons (Fsp3) is 0. The van der Waals surface area contributed by atoms with Crippen LogP contribution in [0.2, 0.25) is 0 Å². The van der Waals surface area contributed by atoms with E-state index in [4.69, 9.17) is 16.6 Å². The summed E-state index contributed by atoms with van der Waals surface area (Å²) in [5.41, 5.74) is 1.78. The van der Waals surface area contributed by atoms with Crippen molar-refractivity contribution in [2.45, 2.75) is 0 Å². The number of carbonyl (C=O) groups excluding carboxylic acids is 1. The Labute approximate surface area is 124 Å². The zero-order valence-electron chi connectivity index (χ0n) is 10.7. The number of hydrogen-bond donors (Lipinski definition) is 2. The van der Waals surface area contributed by atoms with Gasteiger partial charge in [-0.2, -0.15) is 0 Å². The molecule has 0 unspecified atom stereocenters. The minimum absolute atomic E-state index is 0.220. The van der Waals surface area contributed by atoms with Gasteiger partial charge in [0.2, 0.25) is 5.89 Å². The molecule has 2 N–H and O–H groups in total. The third-order valence-corrected chi connectivity index (χ3v) is 2.90. The number of hydrogen-bond acceptors (Lipinski definition) is 5. The maximum absolute atomic E-state index is 11.9. The number of aromatic nitrogens is 3. The monoisotopic (exact) mass is 298 g/mol. The molecule has 6 nitrogen and oxygen atoms in total. The Hall–Kier alpha value is -2.80. The summed E-state index contributed by atoms with van der Waals surface area (Å²) in [5, 5.41) is 9.25. The van der Waals surface area contributed by atoms with Crippen LogP contribution < -0.4 is 5.32 Å². The molecule has 0 aliphatic rings. The van der Waals surface area contributed by atoms with Crippen molar-refractivity contribution in [1.82, 2.24) is 15.2 Å². The Morgan fingerprint density at radius 1 is 1.19 bits per heavy atom. The van der Waals surface area contributed by atoms with Gasteiger partial charge in [0, 0.05) is 17.4 Å². The van der Waals surface area contributed by atoms with Crippen molar-refractivity contribution >= 4 is 23.8 Å². The molecule has 21 heavy (non-hydrogen) atoms. The zero-order chi connectivity index (χ0) is 14.7. The molecule has 0 aliphatic carbocycles. The lowest BCUT2D eigenvalue weighted by atomic mass is 10.2. The lowest BCUT2D eigenvalue weighted by Crippen LogP contribution is -2.13. The van der Waals surface area contributed by atoms with E-state index in [0.29, 0.717) is 17.3 Å². The predicted molar refractivity (Wildman–Crippen MR) is 79.3 cm³/mol. The van der Waals surface area contributed by atoms with Crippen LogP contribution in [0.25, 0.3) is 11.5 Å². The average Bonchev–Trinajstić information content (AvgIpc) is 2.95. The molecule has 0 saturated heterocycles. The summed E-state index contributed by atoms with van der Waals surface area (Å²) in [6, 6.07) is 12.2. The number of pyridine rings is 1. The predicted octanol–water partition coefficient (Wildman–Crippen LogP) is 3.05. The number of amides is 1. The van der Waals surface area contributed by atoms with Gasteiger partial charge in [0.1, 0.15) is 5.69 Å². The fourth-order valence-corrected chi connectivity index (χ4v) is 1.87. The van der Waals surface area contributed by atoms with Crippen LogP contribution in [0.15, 0.2) is 53.1 Å². The molecule has 7 heteroatoms. The lowest BCUT2D eigenvalue weighted by Gasteiger charge is -2.04. The molecule has 1 amide bonds. The number of H-pyrrole nitrogens is 1. The van der Waals surface area contributed by atoms with Crippen LogP contribution >= 0.6 is 12.2 Å². The van der Waals surface area contributed by atoms with Crippen LogP contribution in [0.5, 0.6) is 0 Å². The first-order chi connectivity index (χ1) is 10.2. The lowest BCUT2D eigenvalue weighted by molar-refractivity contribution is 0.102. The molecule has 0 atom stereocenters. The highest BCUT2D eigenvalue weighted by Crippen LogP contribution is 2.19. The third-order valence-electron chi connectivity index (χ3n) is 2.73. The van der Waals surface area contributed by atoms with Crippen molar-refractivity contribution in [3.8, 4) is 11.5 Å². The van der Waals surface area contributed by atoms with Crippen molar-refractivity contribution in [1.29, 1.82) is 0 Å². The second-order valence-corrected chi connectivity index (χ2v) is 4.54. The molecule has 1 aromatic carbocycles. The van der Waals surface area contributed by atoms with Gasteiger partial charge in [-0.15, -0.1) is 5.10 Å². The van der Waals surface area contributed by atoms with E-state index in [1.165, 1.54) is 0 Å². The standard InChI is InChI=1S/C14H10N4O2S/c19-12(11-3-1-2-8-15-11)16-10-6-4-9(5-7-10)13-17-18-14(21)20-13/h1-8H,(H,16,19)(H,18,21). The number of benzene rings is 1.